The molecule has 0 amide bonds. The number of esters is 1. The molecule has 0 aliphatic heterocycles. The molecule has 3 aromatic rings. The fourth-order valence-corrected chi connectivity index (χ4v) is 2.61. The predicted octanol–water partition coefficient (Wildman–Crippen LogP) is 3.51. The number of guanidine groups is 1. The van der Waals surface area contributed by atoms with Gasteiger partial charge in [-0.2, -0.15) is 0 Å². The van der Waals surface area contributed by atoms with Crippen LogP contribution in [0.4, 0.5) is 0 Å². The molecule has 8 nitrogen and oxygen atoms in total. The number of nitrogens with one attached hydrogen (secondary N) is 2. The van der Waals surface area contributed by atoms with E-state index in [1.54, 1.807) is 26.3 Å². The third-order valence-electron chi connectivity index (χ3n) is 4.04. The summed E-state index contributed by atoms with van der Waals surface area (Å²) >= 11 is 0. The van der Waals surface area contributed by atoms with Gasteiger partial charge in [0.15, 0.2) is 5.96 Å². The molecule has 9 heteroatoms. The van der Waals surface area contributed by atoms with Gasteiger partial charge in [-0.05, 0) is 25.1 Å². The number of oxazole rings is 1. The Labute approximate surface area is 185 Å². The van der Waals surface area contributed by atoms with E-state index in [2.05, 4.69) is 20.6 Å². The van der Waals surface area contributed by atoms with Crippen LogP contribution in [0.15, 0.2) is 56.5 Å². The molecule has 0 saturated carbocycles. The standard InChI is InChI=1S/C20H22N4O4.HI/c1-13-17(19(25)26-3)9-16(28-13)11-23-20(21-2)22-10-15-12-27-18(24-15)14-7-5-4-6-8-14;/h4-9,12H,10-11H2,1-3H3,(H2,21,22,23);1H. The molecule has 154 valence electrons. The largest absolute Gasteiger partial charge is 0.465 e. The third kappa shape index (κ3) is 5.83. The first-order valence-electron chi connectivity index (χ1n) is 8.72. The van der Waals surface area contributed by atoms with Crippen LogP contribution in [0.5, 0.6) is 0 Å². The van der Waals surface area contributed by atoms with Crippen molar-refractivity contribution >= 4 is 35.9 Å². The van der Waals surface area contributed by atoms with E-state index >= 15 is 0 Å². The number of aliphatic imine (C=N–C) groups is 1. The maximum Gasteiger partial charge on any atom is 0.341 e. The number of rotatable bonds is 6. The van der Waals surface area contributed by atoms with E-state index in [-0.39, 0.29) is 24.0 Å². The smallest absolute Gasteiger partial charge is 0.341 e. The molecule has 0 radical (unpaired) electrons. The van der Waals surface area contributed by atoms with Crippen LogP contribution in [0, 0.1) is 6.92 Å². The Balaban J connectivity index is 0.00000300. The second-order valence-electron chi connectivity index (χ2n) is 5.96. The Morgan fingerprint density at radius 1 is 1.21 bits per heavy atom. The highest BCUT2D eigenvalue weighted by atomic mass is 127. The van der Waals surface area contributed by atoms with Gasteiger partial charge in [-0.15, -0.1) is 24.0 Å². The van der Waals surface area contributed by atoms with Gasteiger partial charge in [0, 0.05) is 12.6 Å². The van der Waals surface area contributed by atoms with E-state index in [1.165, 1.54) is 7.11 Å². The summed E-state index contributed by atoms with van der Waals surface area (Å²) in [5, 5.41) is 6.29. The van der Waals surface area contributed by atoms with Gasteiger partial charge in [0.05, 0.1) is 25.9 Å². The number of benzene rings is 1. The van der Waals surface area contributed by atoms with Crippen LogP contribution >= 0.6 is 24.0 Å². The number of carbonyl (C=O) groups excluding carboxylic acids is 1. The second-order valence-corrected chi connectivity index (χ2v) is 5.96. The average Bonchev–Trinajstić information content (AvgIpc) is 3.35. The van der Waals surface area contributed by atoms with Gasteiger partial charge < -0.3 is 24.2 Å². The monoisotopic (exact) mass is 510 g/mol. The van der Waals surface area contributed by atoms with E-state index in [1.807, 2.05) is 30.3 Å². The Kier molecular flexibility index (Phi) is 8.25. The molecule has 0 fully saturated rings. The quantitative estimate of drug-likeness (QED) is 0.227. The zero-order chi connectivity index (χ0) is 19.9. The lowest BCUT2D eigenvalue weighted by Crippen LogP contribution is -2.36. The molecule has 29 heavy (non-hydrogen) atoms. The number of carbonyl (C=O) groups is 1. The van der Waals surface area contributed by atoms with Crippen LogP contribution in [-0.2, 0) is 17.8 Å². The zero-order valence-corrected chi connectivity index (χ0v) is 18.7. The second kappa shape index (κ2) is 10.6. The van der Waals surface area contributed by atoms with Crippen LogP contribution in [0.1, 0.15) is 27.6 Å². The van der Waals surface area contributed by atoms with Crippen LogP contribution < -0.4 is 10.6 Å². The van der Waals surface area contributed by atoms with Crippen molar-refractivity contribution in [1.29, 1.82) is 0 Å². The van der Waals surface area contributed by atoms with E-state index in [4.69, 9.17) is 13.6 Å². The van der Waals surface area contributed by atoms with Gasteiger partial charge in [0.2, 0.25) is 5.89 Å². The molecular formula is C20H23IN4O4. The van der Waals surface area contributed by atoms with Crippen LogP contribution in [0.25, 0.3) is 11.5 Å². The molecule has 2 heterocycles. The molecule has 0 saturated heterocycles. The summed E-state index contributed by atoms with van der Waals surface area (Å²) in [6.07, 6.45) is 1.61. The predicted molar refractivity (Wildman–Crippen MR) is 119 cm³/mol. The molecule has 0 aliphatic carbocycles. The molecule has 0 atom stereocenters. The van der Waals surface area contributed by atoms with Crippen molar-refractivity contribution in [1.82, 2.24) is 15.6 Å². The van der Waals surface area contributed by atoms with E-state index < -0.39 is 5.97 Å². The highest BCUT2D eigenvalue weighted by Gasteiger charge is 2.15. The summed E-state index contributed by atoms with van der Waals surface area (Å²) in [5.74, 6) is 1.84. The number of furan rings is 1. The summed E-state index contributed by atoms with van der Waals surface area (Å²) in [7, 11) is 3.01. The molecule has 0 unspecified atom stereocenters. The Hall–Kier alpha value is -2.82. The molecule has 0 bridgehead atoms. The average molecular weight is 510 g/mol. The summed E-state index contributed by atoms with van der Waals surface area (Å²) in [6.45, 7) is 2.53. The maximum absolute atomic E-state index is 11.7. The first kappa shape index (κ1) is 22.5. The fourth-order valence-electron chi connectivity index (χ4n) is 2.61. The highest BCUT2D eigenvalue weighted by molar-refractivity contribution is 14.0. The van der Waals surface area contributed by atoms with Crippen LogP contribution in [0.2, 0.25) is 0 Å². The number of halogens is 1. The van der Waals surface area contributed by atoms with Gasteiger partial charge in [0.1, 0.15) is 23.3 Å². The number of nitrogens with zero attached hydrogens (tertiary/aromatic N) is 2. The molecule has 3 rings (SSSR count). The summed E-state index contributed by atoms with van der Waals surface area (Å²) < 4.78 is 15.8. The lowest BCUT2D eigenvalue weighted by atomic mass is 10.2. The van der Waals surface area contributed by atoms with Gasteiger partial charge in [-0.1, -0.05) is 18.2 Å². The molecule has 2 aromatic heterocycles. The minimum atomic E-state index is -0.421. The SMILES string of the molecule is CN=C(NCc1coc(-c2ccccc2)n1)NCc1cc(C(=O)OC)c(C)o1.I. The minimum Gasteiger partial charge on any atom is -0.465 e. The zero-order valence-electron chi connectivity index (χ0n) is 16.4. The van der Waals surface area contributed by atoms with Gasteiger partial charge in [-0.3, -0.25) is 4.99 Å². The van der Waals surface area contributed by atoms with E-state index in [0.717, 1.165) is 11.3 Å². The van der Waals surface area contributed by atoms with Crippen molar-refractivity contribution in [3.05, 3.63) is 65.4 Å². The first-order valence-corrected chi connectivity index (χ1v) is 8.72. The Bertz CT molecular complexity index is 966. The third-order valence-corrected chi connectivity index (χ3v) is 4.04. The van der Waals surface area contributed by atoms with Crippen molar-refractivity contribution in [3.63, 3.8) is 0 Å². The lowest BCUT2D eigenvalue weighted by molar-refractivity contribution is 0.0599. The van der Waals surface area contributed by atoms with Crippen molar-refractivity contribution in [3.8, 4) is 11.5 Å². The lowest BCUT2D eigenvalue weighted by Gasteiger charge is -2.09. The van der Waals surface area contributed by atoms with Crippen LogP contribution in [-0.4, -0.2) is 31.1 Å². The van der Waals surface area contributed by atoms with Gasteiger partial charge in [-0.25, -0.2) is 9.78 Å². The molecule has 0 spiro atoms. The maximum atomic E-state index is 11.7. The minimum absolute atomic E-state index is 0. The molecule has 2 N–H and O–H groups in total. The summed E-state index contributed by atoms with van der Waals surface area (Å²) in [4.78, 5) is 20.3. The van der Waals surface area contributed by atoms with E-state index in [9.17, 15) is 4.79 Å². The molecular weight excluding hydrogens is 487 g/mol. The van der Waals surface area contributed by atoms with Gasteiger partial charge in [0.25, 0.3) is 0 Å². The normalized spacial score (nSPS) is 10.9. The number of aryl methyl sites for hydroxylation is 1. The van der Waals surface area contributed by atoms with Crippen molar-refractivity contribution < 1.29 is 18.4 Å². The number of hydrogen-bond acceptors (Lipinski definition) is 6. The van der Waals surface area contributed by atoms with E-state index in [0.29, 0.717) is 42.0 Å². The summed E-state index contributed by atoms with van der Waals surface area (Å²) in [6, 6.07) is 11.4. The Morgan fingerprint density at radius 2 is 1.93 bits per heavy atom. The number of aromatic nitrogens is 1. The molecule has 1 aromatic carbocycles. The highest BCUT2D eigenvalue weighted by Crippen LogP contribution is 2.18. The van der Waals surface area contributed by atoms with Crippen LogP contribution in [0.3, 0.4) is 0 Å². The topological polar surface area (TPSA) is 102 Å². The Morgan fingerprint density at radius 3 is 2.62 bits per heavy atom. The number of ether oxygens (including phenoxy) is 1. The fraction of sp³-hybridized carbons (Fsp3) is 0.250. The van der Waals surface area contributed by atoms with Crippen molar-refractivity contribution in [2.45, 2.75) is 20.0 Å². The summed E-state index contributed by atoms with van der Waals surface area (Å²) in [5.41, 5.74) is 2.09. The van der Waals surface area contributed by atoms with Crippen molar-refractivity contribution in [2.75, 3.05) is 14.2 Å². The first-order chi connectivity index (χ1) is 13.6. The molecule has 0 aliphatic rings. The number of methoxy groups -OCH3 is 1. The number of hydrogen-bond donors (Lipinski definition) is 2. The van der Waals surface area contributed by atoms with Gasteiger partial charge >= 0.3 is 5.97 Å². The van der Waals surface area contributed by atoms with Crippen molar-refractivity contribution in [2.24, 2.45) is 4.99 Å².